The van der Waals surface area contributed by atoms with Gasteiger partial charge in [-0.05, 0) is 41.8 Å². The molecule has 158 valence electrons. The molecule has 2 atom stereocenters. The third kappa shape index (κ3) is 4.30. The van der Waals surface area contributed by atoms with E-state index in [2.05, 4.69) is 19.1 Å². The van der Waals surface area contributed by atoms with Gasteiger partial charge in [0.05, 0.1) is 19.4 Å². The van der Waals surface area contributed by atoms with Crippen LogP contribution in [0.5, 0.6) is 5.75 Å². The summed E-state index contributed by atoms with van der Waals surface area (Å²) in [5.41, 5.74) is 0.649. The molecule has 0 amide bonds. The quantitative estimate of drug-likeness (QED) is 0.569. The second-order valence-corrected chi connectivity index (χ2v) is 8.20. The second-order valence-electron chi connectivity index (χ2n) is 8.20. The standard InChI is InChI=1S/C26H31NO3/c1-2-24(21-9-4-3-5-10-21)26(28,25-11-8-19-30-25)22-12-14-23(15-13-22)29-20-18-27-16-6-7-17-27/h3-5,8-15,19,24,28H,2,6-7,16-18,20H2,1H3/p+1/t24-,26+/m1/s1. The molecule has 1 saturated heterocycles. The van der Waals surface area contributed by atoms with Crippen molar-refractivity contribution in [3.63, 3.8) is 0 Å². The third-order valence-corrected chi connectivity index (χ3v) is 6.34. The summed E-state index contributed by atoms with van der Waals surface area (Å²) in [5.74, 6) is 1.27. The zero-order valence-corrected chi connectivity index (χ0v) is 17.7. The van der Waals surface area contributed by atoms with E-state index in [0.29, 0.717) is 5.76 Å². The van der Waals surface area contributed by atoms with Gasteiger partial charge < -0.3 is 19.2 Å². The summed E-state index contributed by atoms with van der Waals surface area (Å²) in [6, 6.07) is 21.7. The van der Waals surface area contributed by atoms with Crippen molar-refractivity contribution in [2.75, 3.05) is 26.2 Å². The zero-order valence-electron chi connectivity index (χ0n) is 17.7. The Morgan fingerprint density at radius 3 is 2.37 bits per heavy atom. The molecule has 0 aliphatic carbocycles. The summed E-state index contributed by atoms with van der Waals surface area (Å²) < 4.78 is 11.7. The molecule has 30 heavy (non-hydrogen) atoms. The molecule has 0 radical (unpaired) electrons. The van der Waals surface area contributed by atoms with Gasteiger partial charge in [0.1, 0.15) is 24.7 Å². The zero-order chi connectivity index (χ0) is 20.8. The van der Waals surface area contributed by atoms with Gasteiger partial charge in [0, 0.05) is 18.8 Å². The SMILES string of the molecule is CC[C@H](c1ccccc1)[C@@](O)(c1ccc(OCC[NH+]2CCCC2)cc1)c1ccco1. The van der Waals surface area contributed by atoms with Crippen LogP contribution in [0.25, 0.3) is 0 Å². The van der Waals surface area contributed by atoms with E-state index >= 15 is 0 Å². The predicted octanol–water partition coefficient (Wildman–Crippen LogP) is 3.77. The molecule has 1 aliphatic heterocycles. The van der Waals surface area contributed by atoms with Gasteiger partial charge in [-0.25, -0.2) is 0 Å². The van der Waals surface area contributed by atoms with Crippen molar-refractivity contribution >= 4 is 0 Å². The van der Waals surface area contributed by atoms with Crippen molar-refractivity contribution in [3.8, 4) is 5.75 Å². The van der Waals surface area contributed by atoms with Crippen molar-refractivity contribution in [2.45, 2.75) is 37.7 Å². The van der Waals surface area contributed by atoms with E-state index < -0.39 is 5.60 Å². The number of hydrogen-bond acceptors (Lipinski definition) is 3. The molecule has 2 heterocycles. The maximum atomic E-state index is 12.0. The van der Waals surface area contributed by atoms with E-state index in [1.54, 1.807) is 11.2 Å². The molecular weight excluding hydrogens is 374 g/mol. The minimum Gasteiger partial charge on any atom is -0.488 e. The van der Waals surface area contributed by atoms with Crippen molar-refractivity contribution < 1.29 is 19.2 Å². The Labute approximate surface area is 179 Å². The smallest absolute Gasteiger partial charge is 0.154 e. The van der Waals surface area contributed by atoms with E-state index in [4.69, 9.17) is 9.15 Å². The summed E-state index contributed by atoms with van der Waals surface area (Å²) in [6.45, 7) is 6.39. The van der Waals surface area contributed by atoms with Gasteiger partial charge in [0.15, 0.2) is 5.60 Å². The molecule has 2 aromatic carbocycles. The molecule has 1 aliphatic rings. The lowest BCUT2D eigenvalue weighted by molar-refractivity contribution is -0.887. The van der Waals surface area contributed by atoms with Crippen LogP contribution in [-0.4, -0.2) is 31.3 Å². The van der Waals surface area contributed by atoms with Crippen LogP contribution in [0.1, 0.15) is 49.0 Å². The van der Waals surface area contributed by atoms with E-state index in [-0.39, 0.29) is 5.92 Å². The molecule has 0 bridgehead atoms. The number of ether oxygens (including phenoxy) is 1. The lowest BCUT2D eigenvalue weighted by atomic mass is 9.74. The van der Waals surface area contributed by atoms with Crippen LogP contribution in [0.4, 0.5) is 0 Å². The topological polar surface area (TPSA) is 47.0 Å². The van der Waals surface area contributed by atoms with Crippen LogP contribution >= 0.6 is 0 Å². The Bertz CT molecular complexity index is 886. The molecule has 0 saturated carbocycles. The van der Waals surface area contributed by atoms with Gasteiger partial charge in [-0.3, -0.25) is 0 Å². The highest BCUT2D eigenvalue weighted by molar-refractivity contribution is 5.40. The fourth-order valence-corrected chi connectivity index (χ4v) is 4.71. The number of nitrogens with one attached hydrogen (secondary N) is 1. The predicted molar refractivity (Wildman–Crippen MR) is 118 cm³/mol. The molecule has 1 fully saturated rings. The largest absolute Gasteiger partial charge is 0.488 e. The Hall–Kier alpha value is -2.56. The molecule has 2 N–H and O–H groups in total. The number of quaternary nitrogens is 1. The minimum atomic E-state index is -1.25. The number of likely N-dealkylation sites (tertiary alicyclic amines) is 1. The molecule has 3 aromatic rings. The number of hydrogen-bond donors (Lipinski definition) is 2. The highest BCUT2D eigenvalue weighted by Crippen LogP contribution is 2.44. The first kappa shape index (κ1) is 20.7. The summed E-state index contributed by atoms with van der Waals surface area (Å²) in [5, 5.41) is 12.0. The highest BCUT2D eigenvalue weighted by atomic mass is 16.5. The average Bonchev–Trinajstić information content (AvgIpc) is 3.50. The summed E-state index contributed by atoms with van der Waals surface area (Å²) in [6.07, 6.45) is 5.05. The minimum absolute atomic E-state index is 0.129. The maximum Gasteiger partial charge on any atom is 0.154 e. The van der Waals surface area contributed by atoms with E-state index in [0.717, 1.165) is 36.4 Å². The lowest BCUT2D eigenvalue weighted by Gasteiger charge is -2.35. The monoisotopic (exact) mass is 406 g/mol. The lowest BCUT2D eigenvalue weighted by Crippen LogP contribution is -3.10. The fraction of sp³-hybridized carbons (Fsp3) is 0.385. The Balaban J connectivity index is 1.56. The fourth-order valence-electron chi connectivity index (χ4n) is 4.71. The average molecular weight is 407 g/mol. The van der Waals surface area contributed by atoms with Gasteiger partial charge >= 0.3 is 0 Å². The van der Waals surface area contributed by atoms with Crippen LogP contribution in [0.3, 0.4) is 0 Å². The molecule has 4 nitrogen and oxygen atoms in total. The first-order valence-electron chi connectivity index (χ1n) is 11.1. The molecule has 4 rings (SSSR count). The first-order chi connectivity index (χ1) is 14.7. The third-order valence-electron chi connectivity index (χ3n) is 6.34. The van der Waals surface area contributed by atoms with E-state index in [9.17, 15) is 5.11 Å². The number of benzene rings is 2. The Morgan fingerprint density at radius 1 is 1.00 bits per heavy atom. The van der Waals surface area contributed by atoms with Crippen molar-refractivity contribution in [1.29, 1.82) is 0 Å². The molecule has 0 unspecified atom stereocenters. The normalized spacial score (nSPS) is 17.5. The number of rotatable bonds is 9. The van der Waals surface area contributed by atoms with Crippen LogP contribution < -0.4 is 9.64 Å². The van der Waals surface area contributed by atoms with Crippen molar-refractivity contribution in [3.05, 3.63) is 89.9 Å². The molecule has 4 heteroatoms. The molecule has 0 spiro atoms. The summed E-state index contributed by atoms with van der Waals surface area (Å²) in [7, 11) is 0. The highest BCUT2D eigenvalue weighted by Gasteiger charge is 2.42. The first-order valence-corrected chi connectivity index (χ1v) is 11.1. The van der Waals surface area contributed by atoms with Crippen LogP contribution in [0, 0.1) is 0 Å². The van der Waals surface area contributed by atoms with E-state index in [1.807, 2.05) is 54.6 Å². The van der Waals surface area contributed by atoms with Crippen molar-refractivity contribution in [2.24, 2.45) is 0 Å². The van der Waals surface area contributed by atoms with Crippen LogP contribution in [0.2, 0.25) is 0 Å². The van der Waals surface area contributed by atoms with Crippen LogP contribution in [0.15, 0.2) is 77.4 Å². The van der Waals surface area contributed by atoms with Crippen LogP contribution in [-0.2, 0) is 5.60 Å². The van der Waals surface area contributed by atoms with Gasteiger partial charge in [-0.2, -0.15) is 0 Å². The summed E-state index contributed by atoms with van der Waals surface area (Å²) in [4.78, 5) is 1.63. The second kappa shape index (κ2) is 9.50. The van der Waals surface area contributed by atoms with Gasteiger partial charge in [0.25, 0.3) is 0 Å². The Morgan fingerprint density at radius 2 is 1.73 bits per heavy atom. The van der Waals surface area contributed by atoms with Crippen molar-refractivity contribution in [1.82, 2.24) is 0 Å². The summed E-state index contributed by atoms with van der Waals surface area (Å²) >= 11 is 0. The Kier molecular flexibility index (Phi) is 6.56. The number of aliphatic hydroxyl groups is 1. The van der Waals surface area contributed by atoms with Gasteiger partial charge in [-0.15, -0.1) is 0 Å². The van der Waals surface area contributed by atoms with E-state index in [1.165, 1.54) is 25.9 Å². The molecule has 1 aromatic heterocycles. The van der Waals surface area contributed by atoms with Gasteiger partial charge in [0.2, 0.25) is 0 Å². The maximum absolute atomic E-state index is 12.0. The molecular formula is C26H32NO3+. The van der Waals surface area contributed by atoms with Gasteiger partial charge in [-0.1, -0.05) is 49.4 Å². The number of furan rings is 1.